The van der Waals surface area contributed by atoms with E-state index < -0.39 is 11.3 Å². The fraction of sp³-hybridized carbons (Fsp3) is 0.538. The lowest BCUT2D eigenvalue weighted by Gasteiger charge is -2.35. The number of thiophene rings is 1. The van der Waals surface area contributed by atoms with Crippen LogP contribution in [0.2, 0.25) is 0 Å². The van der Waals surface area contributed by atoms with Crippen LogP contribution in [0.3, 0.4) is 0 Å². The molecule has 0 atom stereocenters. The van der Waals surface area contributed by atoms with Gasteiger partial charge in [0.2, 0.25) is 5.91 Å². The first kappa shape index (κ1) is 15.0. The van der Waals surface area contributed by atoms with Crippen LogP contribution in [0.4, 0.5) is 5.00 Å². The first-order chi connectivity index (χ1) is 9.59. The summed E-state index contributed by atoms with van der Waals surface area (Å²) in [5.74, 6) is -0.640. The highest BCUT2D eigenvalue weighted by atomic mass is 32.1. The van der Waals surface area contributed by atoms with E-state index in [2.05, 4.69) is 10.6 Å². The molecule has 7 heteroatoms. The Balaban J connectivity index is 2.16. The van der Waals surface area contributed by atoms with Gasteiger partial charge in [-0.25, -0.2) is 0 Å². The molecule has 1 saturated heterocycles. The van der Waals surface area contributed by atoms with E-state index in [1.165, 1.54) is 11.3 Å². The standard InChI is InChI=1S/C13H19N3O3S/c1-19-8-13(3-5-15-6-4-13)12(18)16-11-9(10(14)17)2-7-20-11/h2,7,15H,3-6,8H2,1H3,(H2,14,17)(H,16,18). The minimum absolute atomic E-state index is 0.106. The maximum atomic E-state index is 12.6. The lowest BCUT2D eigenvalue weighted by molar-refractivity contribution is -0.130. The van der Waals surface area contributed by atoms with E-state index in [0.29, 0.717) is 30.0 Å². The molecule has 1 aliphatic rings. The van der Waals surface area contributed by atoms with Gasteiger partial charge in [0.1, 0.15) is 5.00 Å². The van der Waals surface area contributed by atoms with Crippen LogP contribution in [0.25, 0.3) is 0 Å². The number of anilines is 1. The number of methoxy groups -OCH3 is 1. The van der Waals surface area contributed by atoms with E-state index in [1.807, 2.05) is 0 Å². The number of nitrogens with two attached hydrogens (primary N) is 1. The molecule has 0 radical (unpaired) electrons. The molecule has 0 aliphatic carbocycles. The quantitative estimate of drug-likeness (QED) is 0.749. The number of carbonyl (C=O) groups is 2. The first-order valence-corrected chi connectivity index (χ1v) is 7.35. The lowest BCUT2D eigenvalue weighted by atomic mass is 9.78. The van der Waals surface area contributed by atoms with Crippen LogP contribution < -0.4 is 16.4 Å². The van der Waals surface area contributed by atoms with E-state index in [1.54, 1.807) is 18.6 Å². The smallest absolute Gasteiger partial charge is 0.251 e. The van der Waals surface area contributed by atoms with E-state index in [9.17, 15) is 9.59 Å². The lowest BCUT2D eigenvalue weighted by Crippen LogP contribution is -2.47. The Morgan fingerprint density at radius 2 is 2.20 bits per heavy atom. The minimum Gasteiger partial charge on any atom is -0.384 e. The van der Waals surface area contributed by atoms with Gasteiger partial charge in [0, 0.05) is 7.11 Å². The average molecular weight is 297 g/mol. The summed E-state index contributed by atoms with van der Waals surface area (Å²) >= 11 is 1.30. The third-order valence-corrected chi connectivity index (χ3v) is 4.45. The molecule has 2 rings (SSSR count). The minimum atomic E-state index is -0.543. The van der Waals surface area contributed by atoms with Crippen molar-refractivity contribution in [2.24, 2.45) is 11.1 Å². The Morgan fingerprint density at radius 3 is 2.80 bits per heavy atom. The summed E-state index contributed by atoms with van der Waals surface area (Å²) < 4.78 is 5.23. The fourth-order valence-corrected chi connectivity index (χ4v) is 3.24. The molecule has 0 unspecified atom stereocenters. The van der Waals surface area contributed by atoms with Crippen molar-refractivity contribution < 1.29 is 14.3 Å². The second-order valence-electron chi connectivity index (χ2n) is 4.95. The number of carbonyl (C=O) groups excluding carboxylic acids is 2. The predicted octanol–water partition coefficient (Wildman–Crippen LogP) is 0.802. The maximum absolute atomic E-state index is 12.6. The highest BCUT2D eigenvalue weighted by Crippen LogP contribution is 2.32. The van der Waals surface area contributed by atoms with Gasteiger partial charge >= 0.3 is 0 Å². The highest BCUT2D eigenvalue weighted by Gasteiger charge is 2.40. The number of amides is 2. The molecule has 0 spiro atoms. The van der Waals surface area contributed by atoms with Gasteiger partial charge in [-0.1, -0.05) is 0 Å². The summed E-state index contributed by atoms with van der Waals surface area (Å²) in [7, 11) is 1.59. The Kier molecular flexibility index (Phi) is 4.74. The fourth-order valence-electron chi connectivity index (χ4n) is 2.45. The van der Waals surface area contributed by atoms with Crippen molar-refractivity contribution in [3.8, 4) is 0 Å². The Hall–Kier alpha value is -1.44. The normalized spacial score (nSPS) is 17.6. The molecule has 20 heavy (non-hydrogen) atoms. The van der Waals surface area contributed by atoms with Crippen LogP contribution in [-0.4, -0.2) is 38.6 Å². The maximum Gasteiger partial charge on any atom is 0.251 e. The van der Waals surface area contributed by atoms with E-state index >= 15 is 0 Å². The van der Waals surface area contributed by atoms with E-state index in [0.717, 1.165) is 13.1 Å². The molecule has 4 N–H and O–H groups in total. The Morgan fingerprint density at radius 1 is 1.50 bits per heavy atom. The van der Waals surface area contributed by atoms with Gasteiger partial charge in [-0.3, -0.25) is 9.59 Å². The summed E-state index contributed by atoms with van der Waals surface area (Å²) in [5.41, 5.74) is 5.10. The molecule has 1 aliphatic heterocycles. The predicted molar refractivity (Wildman–Crippen MR) is 77.9 cm³/mol. The molecule has 0 bridgehead atoms. The zero-order valence-electron chi connectivity index (χ0n) is 11.4. The third kappa shape index (κ3) is 3.00. The van der Waals surface area contributed by atoms with Gasteiger partial charge in [-0.2, -0.15) is 0 Å². The van der Waals surface area contributed by atoms with Gasteiger partial charge in [0.05, 0.1) is 17.6 Å². The van der Waals surface area contributed by atoms with Gasteiger partial charge in [-0.05, 0) is 37.4 Å². The monoisotopic (exact) mass is 297 g/mol. The molecular weight excluding hydrogens is 278 g/mol. The number of hydrogen-bond donors (Lipinski definition) is 3. The second kappa shape index (κ2) is 6.34. The van der Waals surface area contributed by atoms with E-state index in [4.69, 9.17) is 10.5 Å². The van der Waals surface area contributed by atoms with Crippen molar-refractivity contribution in [1.82, 2.24) is 5.32 Å². The van der Waals surface area contributed by atoms with Gasteiger partial charge < -0.3 is 21.1 Å². The molecule has 0 aromatic carbocycles. The van der Waals surface area contributed by atoms with Crippen molar-refractivity contribution in [2.45, 2.75) is 12.8 Å². The summed E-state index contributed by atoms with van der Waals surface area (Å²) in [4.78, 5) is 23.9. The summed E-state index contributed by atoms with van der Waals surface area (Å²) in [5, 5.41) is 8.32. The average Bonchev–Trinajstić information content (AvgIpc) is 2.88. The molecule has 1 aromatic rings. The number of hydrogen-bond acceptors (Lipinski definition) is 5. The van der Waals surface area contributed by atoms with Crippen molar-refractivity contribution >= 4 is 28.2 Å². The molecule has 2 heterocycles. The molecule has 6 nitrogen and oxygen atoms in total. The zero-order chi connectivity index (χ0) is 14.6. The van der Waals surface area contributed by atoms with Crippen molar-refractivity contribution in [3.63, 3.8) is 0 Å². The molecule has 110 valence electrons. The number of piperidine rings is 1. The second-order valence-corrected chi connectivity index (χ2v) is 5.86. The van der Waals surface area contributed by atoms with E-state index in [-0.39, 0.29) is 5.91 Å². The van der Waals surface area contributed by atoms with Crippen LogP contribution in [0.1, 0.15) is 23.2 Å². The summed E-state index contributed by atoms with van der Waals surface area (Å²) in [6.07, 6.45) is 1.42. The number of primary amides is 1. The number of ether oxygens (including phenoxy) is 1. The van der Waals surface area contributed by atoms with Gasteiger partial charge in [-0.15, -0.1) is 11.3 Å². The first-order valence-electron chi connectivity index (χ1n) is 6.47. The number of rotatable bonds is 5. The SMILES string of the molecule is COCC1(C(=O)Nc2sccc2C(N)=O)CCNCC1. The molecule has 1 aromatic heterocycles. The Labute approximate surface area is 121 Å². The van der Waals surface area contributed by atoms with Gasteiger partial charge in [0.15, 0.2) is 0 Å². The van der Waals surface area contributed by atoms with Crippen LogP contribution in [-0.2, 0) is 9.53 Å². The van der Waals surface area contributed by atoms with Gasteiger partial charge in [0.25, 0.3) is 5.91 Å². The topological polar surface area (TPSA) is 93.4 Å². The van der Waals surface area contributed by atoms with Crippen LogP contribution in [0.15, 0.2) is 11.4 Å². The third-order valence-electron chi connectivity index (χ3n) is 3.62. The summed E-state index contributed by atoms with van der Waals surface area (Å²) in [6, 6.07) is 1.62. The van der Waals surface area contributed by atoms with Crippen LogP contribution in [0, 0.1) is 5.41 Å². The van der Waals surface area contributed by atoms with Crippen LogP contribution in [0.5, 0.6) is 0 Å². The zero-order valence-corrected chi connectivity index (χ0v) is 12.2. The highest BCUT2D eigenvalue weighted by molar-refractivity contribution is 7.14. The largest absolute Gasteiger partial charge is 0.384 e. The number of nitrogens with one attached hydrogen (secondary N) is 2. The van der Waals surface area contributed by atoms with Crippen molar-refractivity contribution in [3.05, 3.63) is 17.0 Å². The molecule has 0 saturated carbocycles. The molecule has 2 amide bonds. The van der Waals surface area contributed by atoms with Crippen molar-refractivity contribution in [1.29, 1.82) is 0 Å². The summed E-state index contributed by atoms with van der Waals surface area (Å²) in [6.45, 7) is 1.94. The van der Waals surface area contributed by atoms with Crippen LogP contribution >= 0.6 is 11.3 Å². The Bertz CT molecular complexity index is 489. The van der Waals surface area contributed by atoms with Crippen molar-refractivity contribution in [2.75, 3.05) is 32.1 Å². The molecule has 1 fully saturated rings. The molecular formula is C13H19N3O3S.